The van der Waals surface area contributed by atoms with Crippen LogP contribution in [0.25, 0.3) is 10.9 Å². The number of nitrogens with one attached hydrogen (secondary N) is 1. The predicted molar refractivity (Wildman–Crippen MR) is 109 cm³/mol. The van der Waals surface area contributed by atoms with Gasteiger partial charge in [0.05, 0.1) is 16.5 Å². The molecule has 29 heavy (non-hydrogen) atoms. The normalized spacial score (nSPS) is 17.4. The van der Waals surface area contributed by atoms with E-state index in [1.165, 1.54) is 6.42 Å². The van der Waals surface area contributed by atoms with E-state index in [-0.39, 0.29) is 24.1 Å². The molecule has 1 aliphatic carbocycles. The van der Waals surface area contributed by atoms with Gasteiger partial charge in [0.15, 0.2) is 6.61 Å². The summed E-state index contributed by atoms with van der Waals surface area (Å²) >= 11 is 0. The molecule has 0 spiro atoms. The summed E-state index contributed by atoms with van der Waals surface area (Å²) in [6.07, 6.45) is 9.26. The molecule has 2 aliphatic rings. The highest BCUT2D eigenvalue weighted by Crippen LogP contribution is 2.18. The van der Waals surface area contributed by atoms with E-state index >= 15 is 0 Å². The fourth-order valence-corrected chi connectivity index (χ4v) is 4.28. The van der Waals surface area contributed by atoms with Crippen LogP contribution >= 0.6 is 0 Å². The number of benzene rings is 1. The number of aryl methyl sites for hydroxylation is 1. The van der Waals surface area contributed by atoms with Crippen molar-refractivity contribution in [2.75, 3.05) is 6.61 Å². The third-order valence-electron chi connectivity index (χ3n) is 5.86. The molecule has 7 heteroatoms. The molecule has 1 N–H and O–H groups in total. The van der Waals surface area contributed by atoms with Crippen LogP contribution in [-0.4, -0.2) is 34.1 Å². The molecule has 1 aromatic heterocycles. The van der Waals surface area contributed by atoms with E-state index in [4.69, 9.17) is 4.74 Å². The van der Waals surface area contributed by atoms with Crippen LogP contribution < -0.4 is 10.9 Å². The van der Waals surface area contributed by atoms with Gasteiger partial charge in [0.2, 0.25) is 0 Å². The molecule has 4 rings (SSSR count). The predicted octanol–water partition coefficient (Wildman–Crippen LogP) is 2.73. The molecule has 0 bridgehead atoms. The topological polar surface area (TPSA) is 90.3 Å². The van der Waals surface area contributed by atoms with Gasteiger partial charge < -0.3 is 10.1 Å². The number of carbonyl (C=O) groups excluding carboxylic acids is 2. The first kappa shape index (κ1) is 19.6. The third-order valence-corrected chi connectivity index (χ3v) is 5.86. The van der Waals surface area contributed by atoms with E-state index in [0.717, 1.165) is 57.2 Å². The molecule has 1 aliphatic heterocycles. The minimum atomic E-state index is -0.581. The number of fused-ring (bicyclic) bond motifs is 2. The lowest BCUT2D eigenvalue weighted by molar-refractivity contribution is -0.125. The molecule has 1 saturated carbocycles. The Morgan fingerprint density at radius 2 is 1.90 bits per heavy atom. The molecule has 7 nitrogen and oxygen atoms in total. The molecule has 154 valence electrons. The highest BCUT2D eigenvalue weighted by Gasteiger charge is 2.18. The van der Waals surface area contributed by atoms with Gasteiger partial charge in [-0.1, -0.05) is 25.7 Å². The van der Waals surface area contributed by atoms with E-state index in [2.05, 4.69) is 10.3 Å². The lowest BCUT2D eigenvalue weighted by Gasteiger charge is -2.22. The average molecular weight is 397 g/mol. The maximum atomic E-state index is 12.8. The van der Waals surface area contributed by atoms with Crippen LogP contribution in [0.3, 0.4) is 0 Å². The first-order valence-corrected chi connectivity index (χ1v) is 10.6. The molecular weight excluding hydrogens is 370 g/mol. The van der Waals surface area contributed by atoms with E-state index < -0.39 is 5.97 Å². The molecule has 1 aromatic carbocycles. The number of rotatable bonds is 4. The van der Waals surface area contributed by atoms with Crippen LogP contribution in [0.5, 0.6) is 0 Å². The third kappa shape index (κ3) is 4.49. The number of amides is 1. The van der Waals surface area contributed by atoms with Crippen molar-refractivity contribution in [3.05, 3.63) is 39.9 Å². The number of hydrogen-bond acceptors (Lipinski definition) is 5. The quantitative estimate of drug-likeness (QED) is 0.801. The van der Waals surface area contributed by atoms with E-state index in [0.29, 0.717) is 23.0 Å². The second kappa shape index (κ2) is 8.76. The average Bonchev–Trinajstić information content (AvgIpc) is 2.98. The summed E-state index contributed by atoms with van der Waals surface area (Å²) in [5.74, 6) is -0.0763. The summed E-state index contributed by atoms with van der Waals surface area (Å²) in [5, 5.41) is 3.43. The summed E-state index contributed by atoms with van der Waals surface area (Å²) < 4.78 is 6.93. The van der Waals surface area contributed by atoms with Crippen LogP contribution in [0.4, 0.5) is 0 Å². The Morgan fingerprint density at radius 3 is 2.72 bits per heavy atom. The summed E-state index contributed by atoms with van der Waals surface area (Å²) in [6, 6.07) is 4.96. The first-order chi connectivity index (χ1) is 14.1. The van der Waals surface area contributed by atoms with E-state index in [1.54, 1.807) is 22.8 Å². The first-order valence-electron chi connectivity index (χ1n) is 10.6. The van der Waals surface area contributed by atoms with Gasteiger partial charge >= 0.3 is 5.97 Å². The van der Waals surface area contributed by atoms with Crippen molar-refractivity contribution >= 4 is 22.8 Å². The number of nitrogens with zero attached hydrogens (tertiary/aromatic N) is 2. The van der Waals surface area contributed by atoms with Gasteiger partial charge in [-0.25, -0.2) is 9.78 Å². The van der Waals surface area contributed by atoms with Crippen molar-refractivity contribution in [3.8, 4) is 0 Å². The van der Waals surface area contributed by atoms with Gasteiger partial charge in [-0.15, -0.1) is 0 Å². The fourth-order valence-electron chi connectivity index (χ4n) is 4.28. The Balaban J connectivity index is 1.45. The minimum absolute atomic E-state index is 0.0568. The molecule has 2 heterocycles. The smallest absolute Gasteiger partial charge is 0.338 e. The summed E-state index contributed by atoms with van der Waals surface area (Å²) in [5.41, 5.74) is 0.747. The lowest BCUT2D eigenvalue weighted by Crippen LogP contribution is -2.38. The maximum absolute atomic E-state index is 12.8. The number of esters is 1. The second-order valence-corrected chi connectivity index (χ2v) is 8.01. The van der Waals surface area contributed by atoms with E-state index in [1.807, 2.05) is 0 Å². The fraction of sp³-hybridized carbons (Fsp3) is 0.545. The summed E-state index contributed by atoms with van der Waals surface area (Å²) in [4.78, 5) is 41.8. The lowest BCUT2D eigenvalue weighted by atomic mass is 9.95. The molecular formula is C22H27N3O4. The minimum Gasteiger partial charge on any atom is -0.452 e. The van der Waals surface area contributed by atoms with Crippen LogP contribution in [0, 0.1) is 0 Å². The van der Waals surface area contributed by atoms with Gasteiger partial charge in [0.1, 0.15) is 5.82 Å². The zero-order valence-electron chi connectivity index (χ0n) is 16.6. The molecule has 0 radical (unpaired) electrons. The number of carbonyl (C=O) groups is 2. The molecule has 1 fully saturated rings. The van der Waals surface area contributed by atoms with Crippen molar-refractivity contribution in [2.45, 2.75) is 70.4 Å². The largest absolute Gasteiger partial charge is 0.452 e. The van der Waals surface area contributed by atoms with Crippen molar-refractivity contribution < 1.29 is 14.3 Å². The maximum Gasteiger partial charge on any atom is 0.338 e. The van der Waals surface area contributed by atoms with Crippen LogP contribution in [-0.2, 0) is 22.5 Å². The van der Waals surface area contributed by atoms with Crippen molar-refractivity contribution in [3.63, 3.8) is 0 Å². The van der Waals surface area contributed by atoms with Crippen LogP contribution in [0.15, 0.2) is 23.0 Å². The molecule has 0 atom stereocenters. The Hall–Kier alpha value is -2.70. The Kier molecular flexibility index (Phi) is 5.92. The summed E-state index contributed by atoms with van der Waals surface area (Å²) in [7, 11) is 0. The summed E-state index contributed by atoms with van der Waals surface area (Å²) in [6.45, 7) is 0.394. The molecule has 0 saturated heterocycles. The number of hydrogen-bond donors (Lipinski definition) is 1. The highest BCUT2D eigenvalue weighted by atomic mass is 16.5. The SMILES string of the molecule is O=C(COC(=O)c1ccc2c(=O)n3c(nc2c1)CCCCC3)NC1CCCCC1. The molecule has 2 aromatic rings. The van der Waals surface area contributed by atoms with Crippen molar-refractivity contribution in [1.29, 1.82) is 0 Å². The zero-order valence-corrected chi connectivity index (χ0v) is 16.6. The standard InChI is InChI=1S/C22H27N3O4/c26-20(23-16-7-3-1-4-8-16)14-29-22(28)15-10-11-17-18(13-15)24-19-9-5-2-6-12-25(19)21(17)27/h10-11,13,16H,1-9,12,14H2,(H,23,26). The van der Waals surface area contributed by atoms with Gasteiger partial charge in [-0.05, 0) is 43.9 Å². The Morgan fingerprint density at radius 1 is 1.10 bits per heavy atom. The molecule has 0 unspecified atom stereocenters. The molecule has 1 amide bonds. The van der Waals surface area contributed by atoms with E-state index in [9.17, 15) is 14.4 Å². The number of aromatic nitrogens is 2. The second-order valence-electron chi connectivity index (χ2n) is 8.01. The van der Waals surface area contributed by atoms with Gasteiger partial charge in [-0.3, -0.25) is 14.2 Å². The van der Waals surface area contributed by atoms with Crippen LogP contribution in [0.2, 0.25) is 0 Å². The Bertz CT molecular complexity index is 976. The monoisotopic (exact) mass is 397 g/mol. The number of ether oxygens (including phenoxy) is 1. The van der Waals surface area contributed by atoms with Gasteiger partial charge in [0, 0.05) is 19.0 Å². The van der Waals surface area contributed by atoms with Crippen LogP contribution in [0.1, 0.15) is 67.5 Å². The highest BCUT2D eigenvalue weighted by molar-refractivity contribution is 5.95. The Labute approximate surface area is 169 Å². The van der Waals surface area contributed by atoms with Gasteiger partial charge in [-0.2, -0.15) is 0 Å². The van der Waals surface area contributed by atoms with Crippen molar-refractivity contribution in [1.82, 2.24) is 14.9 Å². The zero-order chi connectivity index (χ0) is 20.2. The van der Waals surface area contributed by atoms with Crippen molar-refractivity contribution in [2.24, 2.45) is 0 Å². The van der Waals surface area contributed by atoms with Gasteiger partial charge in [0.25, 0.3) is 11.5 Å².